The molecule has 9 heteroatoms. The number of aliphatic hydroxyl groups is 5. The maximum absolute atomic E-state index is 12.9. The predicted molar refractivity (Wildman–Crippen MR) is 239 cm³/mol. The first-order chi connectivity index (χ1) is 28.3. The van der Waals surface area contributed by atoms with Crippen LogP contribution in [-0.4, -0.2) is 87.5 Å². The third kappa shape index (κ3) is 28.5. The second kappa shape index (κ2) is 38.3. The van der Waals surface area contributed by atoms with Crippen molar-refractivity contribution in [2.24, 2.45) is 0 Å². The molecule has 330 valence electrons. The maximum atomic E-state index is 12.9. The first kappa shape index (κ1) is 53.1. The van der Waals surface area contributed by atoms with Crippen LogP contribution < -0.4 is 5.32 Å². The summed E-state index contributed by atoms with van der Waals surface area (Å²) < 4.78 is 11.2. The van der Waals surface area contributed by atoms with Gasteiger partial charge in [0.05, 0.1) is 25.4 Å². The highest BCUT2D eigenvalue weighted by molar-refractivity contribution is 5.76. The number of rotatable bonds is 35. The van der Waals surface area contributed by atoms with E-state index in [2.05, 4.69) is 104 Å². The first-order valence-corrected chi connectivity index (χ1v) is 22.5. The van der Waals surface area contributed by atoms with Crippen LogP contribution in [0.2, 0.25) is 0 Å². The van der Waals surface area contributed by atoms with E-state index in [1.807, 2.05) is 6.08 Å². The molecule has 0 radical (unpaired) electrons. The van der Waals surface area contributed by atoms with E-state index < -0.39 is 49.5 Å². The van der Waals surface area contributed by atoms with Crippen molar-refractivity contribution in [2.45, 2.75) is 192 Å². The van der Waals surface area contributed by atoms with E-state index in [-0.39, 0.29) is 12.5 Å². The van der Waals surface area contributed by atoms with Crippen LogP contribution in [0, 0.1) is 0 Å². The van der Waals surface area contributed by atoms with E-state index >= 15 is 0 Å². The van der Waals surface area contributed by atoms with Crippen LogP contribution in [0.1, 0.15) is 149 Å². The average molecular weight is 812 g/mol. The van der Waals surface area contributed by atoms with Crippen LogP contribution in [0.3, 0.4) is 0 Å². The molecule has 0 aromatic heterocycles. The minimum atomic E-state index is -1.58. The largest absolute Gasteiger partial charge is 0.394 e. The maximum Gasteiger partial charge on any atom is 0.220 e. The Hall–Kier alpha value is -2.89. The van der Waals surface area contributed by atoms with Gasteiger partial charge in [0.25, 0.3) is 0 Å². The van der Waals surface area contributed by atoms with Gasteiger partial charge in [0.15, 0.2) is 6.29 Å². The molecule has 0 bridgehead atoms. The van der Waals surface area contributed by atoms with E-state index in [1.54, 1.807) is 6.08 Å². The lowest BCUT2D eigenvalue weighted by Gasteiger charge is -2.40. The minimum Gasteiger partial charge on any atom is -0.394 e. The summed E-state index contributed by atoms with van der Waals surface area (Å²) in [4.78, 5) is 12.9. The van der Waals surface area contributed by atoms with E-state index in [4.69, 9.17) is 9.47 Å². The molecule has 7 atom stereocenters. The molecule has 1 saturated heterocycles. The van der Waals surface area contributed by atoms with E-state index in [0.717, 1.165) is 96.3 Å². The average Bonchev–Trinajstić information content (AvgIpc) is 3.22. The second-order valence-corrected chi connectivity index (χ2v) is 15.1. The molecule has 1 aliphatic rings. The normalized spacial score (nSPS) is 21.8. The van der Waals surface area contributed by atoms with Gasteiger partial charge in [-0.1, -0.05) is 156 Å². The Morgan fingerprint density at radius 2 is 1.09 bits per heavy atom. The Kier molecular flexibility index (Phi) is 35.1. The highest BCUT2D eigenvalue weighted by Gasteiger charge is 2.44. The SMILES string of the molecule is CC/C=C\C/C=C\C/C=C\C/C=C\C/C=C\CCCCCCCCCC(=O)NC(COC1OC(CO)C(O)C(O)C1O)C(O)/C=C/CC/C=C/CC/C=C/CCCC. The van der Waals surface area contributed by atoms with Crippen molar-refractivity contribution in [1.82, 2.24) is 5.32 Å². The summed E-state index contributed by atoms with van der Waals surface area (Å²) in [5, 5.41) is 54.1. The molecule has 7 unspecified atom stereocenters. The zero-order chi connectivity index (χ0) is 42.3. The molecule has 0 aromatic rings. The smallest absolute Gasteiger partial charge is 0.220 e. The van der Waals surface area contributed by atoms with Gasteiger partial charge < -0.3 is 40.3 Å². The third-order valence-electron chi connectivity index (χ3n) is 9.87. The molecule has 0 saturated carbocycles. The highest BCUT2D eigenvalue weighted by Crippen LogP contribution is 2.22. The fourth-order valence-electron chi connectivity index (χ4n) is 6.26. The fraction of sp³-hybridized carbons (Fsp3) is 0.653. The Morgan fingerprint density at radius 3 is 1.66 bits per heavy atom. The van der Waals surface area contributed by atoms with Crippen LogP contribution in [0.4, 0.5) is 0 Å². The number of aliphatic hydroxyl groups excluding tert-OH is 5. The molecular formula is C49H81NO8. The summed E-state index contributed by atoms with van der Waals surface area (Å²) in [5.74, 6) is -0.210. The minimum absolute atomic E-state index is 0.210. The quantitative estimate of drug-likeness (QED) is 0.0274. The fourth-order valence-corrected chi connectivity index (χ4v) is 6.26. The summed E-state index contributed by atoms with van der Waals surface area (Å²) in [5.41, 5.74) is 0. The molecule has 0 aliphatic carbocycles. The summed E-state index contributed by atoms with van der Waals surface area (Å²) in [6, 6.07) is -0.839. The number of hydrogen-bond donors (Lipinski definition) is 6. The third-order valence-corrected chi connectivity index (χ3v) is 9.87. The van der Waals surface area contributed by atoms with Gasteiger partial charge in [0.1, 0.15) is 24.4 Å². The molecule has 1 heterocycles. The van der Waals surface area contributed by atoms with Gasteiger partial charge in [-0.15, -0.1) is 0 Å². The van der Waals surface area contributed by atoms with Gasteiger partial charge in [0, 0.05) is 6.42 Å². The van der Waals surface area contributed by atoms with Gasteiger partial charge >= 0.3 is 0 Å². The van der Waals surface area contributed by atoms with Crippen molar-refractivity contribution < 1.29 is 39.8 Å². The number of amides is 1. The summed E-state index contributed by atoms with van der Waals surface area (Å²) in [7, 11) is 0. The predicted octanol–water partition coefficient (Wildman–Crippen LogP) is 9.33. The molecule has 58 heavy (non-hydrogen) atoms. The molecular weight excluding hydrogens is 731 g/mol. The van der Waals surface area contributed by atoms with Crippen molar-refractivity contribution in [1.29, 1.82) is 0 Å². The van der Waals surface area contributed by atoms with Crippen molar-refractivity contribution in [3.05, 3.63) is 97.2 Å². The topological polar surface area (TPSA) is 149 Å². The van der Waals surface area contributed by atoms with Crippen molar-refractivity contribution >= 4 is 5.91 Å². The van der Waals surface area contributed by atoms with E-state index in [0.29, 0.717) is 6.42 Å². The molecule has 6 N–H and O–H groups in total. The molecule has 9 nitrogen and oxygen atoms in total. The van der Waals surface area contributed by atoms with E-state index in [9.17, 15) is 30.3 Å². The molecule has 1 rings (SSSR count). The number of allylic oxidation sites excluding steroid dienone is 15. The van der Waals surface area contributed by atoms with Gasteiger partial charge in [-0.25, -0.2) is 0 Å². The van der Waals surface area contributed by atoms with Gasteiger partial charge in [-0.3, -0.25) is 4.79 Å². The number of carbonyl (C=O) groups is 1. The lowest BCUT2D eigenvalue weighted by molar-refractivity contribution is -0.302. The van der Waals surface area contributed by atoms with Gasteiger partial charge in [-0.2, -0.15) is 0 Å². The molecule has 0 spiro atoms. The number of hydrogen-bond acceptors (Lipinski definition) is 8. The Bertz CT molecular complexity index is 1220. The van der Waals surface area contributed by atoms with Crippen LogP contribution in [0.15, 0.2) is 97.2 Å². The van der Waals surface area contributed by atoms with Crippen molar-refractivity contribution in [3.63, 3.8) is 0 Å². The standard InChI is InChI=1S/C49H81NO8/c1-3-5-7-9-11-13-15-17-18-19-20-21-22-23-24-25-26-27-29-31-33-35-37-39-45(53)50-42(41-57-49-48(56)47(55)46(54)44(40-51)58-49)43(52)38-36-34-32-30-28-16-14-12-10-8-6-4-2/h5,7,10-13,17-18,20-21,23-24,28,30,36,38,42-44,46-49,51-52,54-56H,3-4,6,8-9,14-16,19,22,25-27,29,31-35,37,39-41H2,1-2H3,(H,50,53)/b7-5-,12-10+,13-11-,18-17-,21-20-,24-23-,30-28+,38-36+. The highest BCUT2D eigenvalue weighted by atomic mass is 16.7. The number of carbonyl (C=O) groups excluding carboxylic acids is 1. The Morgan fingerprint density at radius 1 is 0.603 bits per heavy atom. The van der Waals surface area contributed by atoms with Gasteiger partial charge in [-0.05, 0) is 83.5 Å². The second-order valence-electron chi connectivity index (χ2n) is 15.1. The van der Waals surface area contributed by atoms with Crippen LogP contribution >= 0.6 is 0 Å². The van der Waals surface area contributed by atoms with E-state index in [1.165, 1.54) is 32.1 Å². The van der Waals surface area contributed by atoms with Crippen LogP contribution in [0.25, 0.3) is 0 Å². The first-order valence-electron chi connectivity index (χ1n) is 22.5. The number of ether oxygens (including phenoxy) is 2. The lowest BCUT2D eigenvalue weighted by atomic mass is 9.99. The number of nitrogens with one attached hydrogen (secondary N) is 1. The summed E-state index contributed by atoms with van der Waals surface area (Å²) >= 11 is 0. The van der Waals surface area contributed by atoms with Gasteiger partial charge in [0.2, 0.25) is 5.91 Å². The zero-order valence-electron chi connectivity index (χ0n) is 36.0. The monoisotopic (exact) mass is 812 g/mol. The molecule has 1 aliphatic heterocycles. The zero-order valence-corrected chi connectivity index (χ0v) is 36.0. The van der Waals surface area contributed by atoms with Crippen molar-refractivity contribution in [2.75, 3.05) is 13.2 Å². The Balaban J connectivity index is 2.36. The molecule has 1 amide bonds. The number of unbranched alkanes of at least 4 members (excludes halogenated alkanes) is 11. The van der Waals surface area contributed by atoms with Crippen molar-refractivity contribution in [3.8, 4) is 0 Å². The lowest BCUT2D eigenvalue weighted by Crippen LogP contribution is -2.60. The Labute approximate surface area is 352 Å². The summed E-state index contributed by atoms with van der Waals surface area (Å²) in [6.45, 7) is 3.55. The van der Waals surface area contributed by atoms with Crippen LogP contribution in [0.5, 0.6) is 0 Å². The molecule has 0 aromatic carbocycles. The molecule has 1 fully saturated rings. The van der Waals surface area contributed by atoms with Crippen LogP contribution in [-0.2, 0) is 14.3 Å². The summed E-state index contributed by atoms with van der Waals surface area (Å²) in [6.07, 6.45) is 47.3.